The number of benzene rings is 5. The fourth-order valence-corrected chi connectivity index (χ4v) is 7.72. The number of furan rings is 1. The molecule has 1 N–H and O–H groups in total. The Morgan fingerprint density at radius 1 is 0.704 bits per heavy atom. The van der Waals surface area contributed by atoms with Crippen molar-refractivity contribution in [3.05, 3.63) is 126 Å². The third kappa shape index (κ3) is 6.16. The van der Waals surface area contributed by atoms with E-state index < -0.39 is 0 Å². The third-order valence-electron chi connectivity index (χ3n) is 10.6. The third-order valence-corrected chi connectivity index (χ3v) is 10.6. The predicted octanol–water partition coefficient (Wildman–Crippen LogP) is 13.3. The molecule has 0 amide bonds. The van der Waals surface area contributed by atoms with E-state index in [9.17, 15) is 5.11 Å². The lowest BCUT2D eigenvalue weighted by Crippen LogP contribution is -2.17. The number of aryl methyl sites for hydroxylation is 1. The van der Waals surface area contributed by atoms with Gasteiger partial charge in [0.05, 0.1) is 22.3 Å². The molecule has 3 heterocycles. The normalized spacial score (nSPS) is 12.5. The van der Waals surface area contributed by atoms with Gasteiger partial charge in [0, 0.05) is 40.2 Å². The van der Waals surface area contributed by atoms with Crippen LogP contribution in [0.5, 0.6) is 5.75 Å². The number of hydrogen-bond donors (Lipinski definition) is 1. The van der Waals surface area contributed by atoms with E-state index in [1.165, 1.54) is 5.56 Å². The molecule has 0 saturated heterocycles. The zero-order valence-corrected chi connectivity index (χ0v) is 32.9. The molecule has 0 spiro atoms. The lowest BCUT2D eigenvalue weighted by atomic mass is 9.79. The summed E-state index contributed by atoms with van der Waals surface area (Å²) >= 11 is 0. The predicted molar refractivity (Wildman–Crippen MR) is 225 cm³/mol. The largest absolute Gasteiger partial charge is 0.507 e. The number of imidazole rings is 1. The zero-order valence-electron chi connectivity index (χ0n) is 32.9. The second-order valence-electron chi connectivity index (χ2n) is 17.3. The molecule has 8 rings (SSSR count). The van der Waals surface area contributed by atoms with Gasteiger partial charge in [-0.25, -0.2) is 4.98 Å². The van der Waals surface area contributed by atoms with Crippen molar-refractivity contribution < 1.29 is 9.52 Å². The Labute approximate surface area is 318 Å². The number of nitrogens with zero attached hydrogens (tertiary/aromatic N) is 3. The van der Waals surface area contributed by atoms with Gasteiger partial charge in [-0.05, 0) is 87.9 Å². The van der Waals surface area contributed by atoms with Crippen LogP contribution in [-0.2, 0) is 17.4 Å². The first-order valence-corrected chi connectivity index (χ1v) is 19.0. The number of pyridine rings is 1. The van der Waals surface area contributed by atoms with Gasteiger partial charge in [-0.3, -0.25) is 4.98 Å². The summed E-state index contributed by atoms with van der Waals surface area (Å²) < 4.78 is 8.92. The molecule has 5 heteroatoms. The first-order valence-electron chi connectivity index (χ1n) is 19.0. The summed E-state index contributed by atoms with van der Waals surface area (Å²) in [6.07, 6.45) is 1.96. The Bertz CT molecular complexity index is 2700. The van der Waals surface area contributed by atoms with Crippen LogP contribution >= 0.6 is 0 Å². The molecule has 272 valence electrons. The van der Waals surface area contributed by atoms with Crippen molar-refractivity contribution in [2.75, 3.05) is 0 Å². The maximum atomic E-state index is 12.0. The maximum absolute atomic E-state index is 12.0. The molecule has 0 bridgehead atoms. The highest BCUT2D eigenvalue weighted by Gasteiger charge is 2.28. The number of aromatic hydroxyl groups is 1. The molecular weight excluding hydrogens is 663 g/mol. The van der Waals surface area contributed by atoms with Crippen LogP contribution in [0, 0.1) is 12.8 Å². The van der Waals surface area contributed by atoms with Crippen molar-refractivity contribution in [2.24, 2.45) is 5.92 Å². The highest BCUT2D eigenvalue weighted by Crippen LogP contribution is 2.45. The molecule has 0 radical (unpaired) electrons. The molecule has 0 aliphatic rings. The van der Waals surface area contributed by atoms with Crippen molar-refractivity contribution in [3.8, 4) is 50.6 Å². The van der Waals surface area contributed by atoms with Crippen LogP contribution in [0.1, 0.15) is 72.1 Å². The Morgan fingerprint density at radius 3 is 2.17 bits per heavy atom. The average molecular weight is 712 g/mol. The fraction of sp³-hybridized carbons (Fsp3) is 0.265. The summed E-state index contributed by atoms with van der Waals surface area (Å²) in [5.74, 6) is 1.43. The fourth-order valence-electron chi connectivity index (χ4n) is 7.72. The van der Waals surface area contributed by atoms with Gasteiger partial charge >= 0.3 is 0 Å². The Balaban J connectivity index is 1.41. The molecule has 5 nitrogen and oxygen atoms in total. The molecule has 0 atom stereocenters. The van der Waals surface area contributed by atoms with E-state index in [2.05, 4.69) is 152 Å². The molecule has 54 heavy (non-hydrogen) atoms. The average Bonchev–Trinajstić information content (AvgIpc) is 3.69. The van der Waals surface area contributed by atoms with Gasteiger partial charge in [0.15, 0.2) is 0 Å². The van der Waals surface area contributed by atoms with Crippen LogP contribution in [0.25, 0.3) is 77.9 Å². The van der Waals surface area contributed by atoms with Gasteiger partial charge < -0.3 is 14.1 Å². The minimum absolute atomic E-state index is 0.119. The van der Waals surface area contributed by atoms with E-state index in [0.29, 0.717) is 11.7 Å². The number of aromatic nitrogens is 3. The zero-order chi connectivity index (χ0) is 38.1. The molecule has 0 fully saturated rings. The van der Waals surface area contributed by atoms with Gasteiger partial charge in [-0.1, -0.05) is 122 Å². The summed E-state index contributed by atoms with van der Waals surface area (Å²) in [6, 6.07) is 36.1. The lowest BCUT2D eigenvalue weighted by Gasteiger charge is -2.27. The second kappa shape index (κ2) is 13.0. The Kier molecular flexibility index (Phi) is 8.52. The quantitative estimate of drug-likeness (QED) is 0.186. The minimum Gasteiger partial charge on any atom is -0.507 e. The van der Waals surface area contributed by atoms with Crippen LogP contribution in [0.2, 0.25) is 0 Å². The molecule has 0 aliphatic carbocycles. The van der Waals surface area contributed by atoms with Crippen molar-refractivity contribution >= 4 is 33.0 Å². The number of hydrogen-bond acceptors (Lipinski definition) is 4. The maximum Gasteiger partial charge on any atom is 0.144 e. The smallest absolute Gasteiger partial charge is 0.144 e. The minimum atomic E-state index is -0.260. The molecular formula is C49H49N3O2. The molecule has 5 aromatic carbocycles. The number of rotatable bonds is 6. The van der Waals surface area contributed by atoms with E-state index in [1.54, 1.807) is 0 Å². The molecule has 3 aromatic heterocycles. The van der Waals surface area contributed by atoms with E-state index >= 15 is 0 Å². The van der Waals surface area contributed by atoms with E-state index in [4.69, 9.17) is 14.4 Å². The second-order valence-corrected chi connectivity index (χ2v) is 17.3. The van der Waals surface area contributed by atoms with Gasteiger partial charge in [0.2, 0.25) is 0 Å². The van der Waals surface area contributed by atoms with Crippen molar-refractivity contribution in [3.63, 3.8) is 0 Å². The van der Waals surface area contributed by atoms with Crippen molar-refractivity contribution in [1.29, 1.82) is 0 Å². The van der Waals surface area contributed by atoms with Crippen LogP contribution < -0.4 is 0 Å². The van der Waals surface area contributed by atoms with Crippen LogP contribution in [0.4, 0.5) is 0 Å². The number of fused-ring (bicyclic) bond motifs is 4. The van der Waals surface area contributed by atoms with Crippen molar-refractivity contribution in [2.45, 2.75) is 79.7 Å². The van der Waals surface area contributed by atoms with Gasteiger partial charge in [-0.2, -0.15) is 0 Å². The molecule has 0 aliphatic heterocycles. The Morgan fingerprint density at radius 2 is 1.44 bits per heavy atom. The highest BCUT2D eigenvalue weighted by molar-refractivity contribution is 6.12. The van der Waals surface area contributed by atoms with E-state index in [1.807, 2.05) is 24.4 Å². The summed E-state index contributed by atoms with van der Waals surface area (Å²) in [4.78, 5) is 10.5. The van der Waals surface area contributed by atoms with Crippen LogP contribution in [0.3, 0.4) is 0 Å². The molecule has 8 aromatic rings. The van der Waals surface area contributed by atoms with E-state index in [0.717, 1.165) is 95.5 Å². The van der Waals surface area contributed by atoms with Crippen LogP contribution in [0.15, 0.2) is 114 Å². The number of para-hydroxylation sites is 2. The summed E-state index contributed by atoms with van der Waals surface area (Å²) in [6.45, 7) is 20.5. The molecule has 0 unspecified atom stereocenters. The standard InChI is InChI=1S/C49H49N3O2/c1-29(2)28-52-42-20-15-19-34(44(42)51-47(52)39-24-33(48(4,5)6)25-40(45(39)53)49(7,8)9)32-22-37-35-18-13-14-21-43(35)54-46(37)38(23-32)41-26-36(30(3)27-50-41)31-16-11-10-12-17-31/h10-27,29,53H,28H2,1-9H3. The summed E-state index contributed by atoms with van der Waals surface area (Å²) in [5, 5.41) is 14.1. The van der Waals surface area contributed by atoms with Gasteiger partial charge in [-0.15, -0.1) is 0 Å². The number of phenolic OH excluding ortho intramolecular Hbond substituents is 1. The van der Waals surface area contributed by atoms with Gasteiger partial charge in [0.25, 0.3) is 0 Å². The first kappa shape index (κ1) is 35.4. The SMILES string of the molecule is Cc1cnc(-c2cc(-c3cccc4c3nc(-c3cc(C(C)(C)C)cc(C(C)(C)C)c3O)n4CC(C)C)cc3c2oc2ccccc23)cc1-c1ccccc1. The summed E-state index contributed by atoms with van der Waals surface area (Å²) in [7, 11) is 0. The topological polar surface area (TPSA) is 64.1 Å². The highest BCUT2D eigenvalue weighted by atomic mass is 16.3. The number of phenols is 1. The molecule has 0 saturated carbocycles. The summed E-state index contributed by atoms with van der Waals surface area (Å²) in [5.41, 5.74) is 13.3. The van der Waals surface area contributed by atoms with E-state index in [-0.39, 0.29) is 10.8 Å². The monoisotopic (exact) mass is 711 g/mol. The van der Waals surface area contributed by atoms with Crippen molar-refractivity contribution in [1.82, 2.24) is 14.5 Å². The van der Waals surface area contributed by atoms with Gasteiger partial charge in [0.1, 0.15) is 22.7 Å². The Hall–Kier alpha value is -5.68. The van der Waals surface area contributed by atoms with Crippen LogP contribution in [-0.4, -0.2) is 19.6 Å². The first-order chi connectivity index (χ1) is 25.7. The lowest BCUT2D eigenvalue weighted by molar-refractivity contribution is 0.445.